The predicted molar refractivity (Wildman–Crippen MR) is 101 cm³/mol. The van der Waals surface area contributed by atoms with Gasteiger partial charge in [-0.1, -0.05) is 0 Å². The van der Waals surface area contributed by atoms with Gasteiger partial charge in [-0.15, -0.1) is 0 Å². The molecule has 4 aliphatic heterocycles. The minimum absolute atomic E-state index is 0.560. The quantitative estimate of drug-likeness (QED) is 0.394. The van der Waals surface area contributed by atoms with Crippen LogP contribution < -0.4 is 0 Å². The van der Waals surface area contributed by atoms with Gasteiger partial charge < -0.3 is 0 Å². The fourth-order valence-electron chi connectivity index (χ4n) is 3.82. The second kappa shape index (κ2) is 7.65. The van der Waals surface area contributed by atoms with Gasteiger partial charge in [0.1, 0.15) is 0 Å². The molecule has 12 heteroatoms. The molecule has 0 N–H and O–H groups in total. The zero-order valence-corrected chi connectivity index (χ0v) is 16.2. The first-order valence-electron chi connectivity index (χ1n) is 9.36. The van der Waals surface area contributed by atoms with Crippen molar-refractivity contribution in [3.8, 4) is 0 Å². The summed E-state index contributed by atoms with van der Waals surface area (Å²) in [6.07, 6.45) is 7.79. The summed E-state index contributed by atoms with van der Waals surface area (Å²) >= 11 is 0. The van der Waals surface area contributed by atoms with Gasteiger partial charge in [-0.25, -0.2) is 0 Å². The van der Waals surface area contributed by atoms with Crippen molar-refractivity contribution in [1.82, 2.24) is 19.6 Å². The Hall–Kier alpha value is -4.48. The molecule has 162 valence electrons. The van der Waals surface area contributed by atoms with Crippen molar-refractivity contribution < 1.29 is 38.4 Å². The zero-order chi connectivity index (χ0) is 23.2. The molecule has 8 amide bonds. The van der Waals surface area contributed by atoms with Crippen molar-refractivity contribution in [2.45, 2.75) is 12.1 Å². The average molecular weight is 438 g/mol. The van der Waals surface area contributed by atoms with E-state index in [1.54, 1.807) is 0 Å². The average Bonchev–Trinajstić information content (AvgIpc) is 3.45. The van der Waals surface area contributed by atoms with Gasteiger partial charge in [0.25, 0.3) is 47.3 Å². The molecule has 0 aromatic carbocycles. The van der Waals surface area contributed by atoms with E-state index in [9.17, 15) is 38.4 Å². The number of nitrogens with zero attached hydrogens (tertiary/aromatic N) is 4. The summed E-state index contributed by atoms with van der Waals surface area (Å²) in [7, 11) is 0. The minimum Gasteiger partial charge on any atom is -0.273 e. The Labute approximate surface area is 179 Å². The summed E-state index contributed by atoms with van der Waals surface area (Å²) in [6, 6.07) is -2.85. The van der Waals surface area contributed by atoms with Gasteiger partial charge >= 0.3 is 0 Å². The first-order valence-corrected chi connectivity index (χ1v) is 9.36. The Bertz CT molecular complexity index is 970. The van der Waals surface area contributed by atoms with E-state index in [1.165, 1.54) is 0 Å². The fourth-order valence-corrected chi connectivity index (χ4v) is 3.82. The number of imide groups is 4. The highest BCUT2D eigenvalue weighted by molar-refractivity contribution is 6.16. The molecule has 0 radical (unpaired) electrons. The highest BCUT2D eigenvalue weighted by Gasteiger charge is 2.47. The molecule has 0 saturated heterocycles. The number of hydrogen-bond acceptors (Lipinski definition) is 8. The summed E-state index contributed by atoms with van der Waals surface area (Å²) in [5, 5.41) is 0. The summed E-state index contributed by atoms with van der Waals surface area (Å²) in [5.41, 5.74) is 0. The fraction of sp³-hybridized carbons (Fsp3) is 0.200. The summed E-state index contributed by atoms with van der Waals surface area (Å²) in [6.45, 7) is -1.12. The van der Waals surface area contributed by atoms with Gasteiger partial charge in [0.05, 0.1) is 25.2 Å². The Kier molecular flexibility index (Phi) is 4.97. The molecule has 0 saturated carbocycles. The lowest BCUT2D eigenvalue weighted by atomic mass is 10.0. The molecule has 4 rings (SSSR count). The van der Waals surface area contributed by atoms with Crippen molar-refractivity contribution in [2.75, 3.05) is 13.1 Å². The second-order valence-corrected chi connectivity index (χ2v) is 7.14. The van der Waals surface area contributed by atoms with Crippen LogP contribution in [0.3, 0.4) is 0 Å². The highest BCUT2D eigenvalue weighted by Crippen LogP contribution is 2.24. The molecule has 2 unspecified atom stereocenters. The van der Waals surface area contributed by atoms with E-state index in [0.29, 0.717) is 9.80 Å². The number of amides is 8. The van der Waals surface area contributed by atoms with Gasteiger partial charge in [-0.05, 0) is 0 Å². The molecular formula is C20H14N4O8. The molecule has 0 aromatic rings. The first kappa shape index (κ1) is 20.8. The largest absolute Gasteiger partial charge is 0.273 e. The van der Waals surface area contributed by atoms with Crippen LogP contribution in [-0.2, 0) is 38.4 Å². The van der Waals surface area contributed by atoms with E-state index >= 15 is 0 Å². The number of carbonyl (C=O) groups is 8. The van der Waals surface area contributed by atoms with Crippen LogP contribution in [0.2, 0.25) is 0 Å². The molecule has 4 heterocycles. The van der Waals surface area contributed by atoms with E-state index in [1.807, 2.05) is 0 Å². The van der Waals surface area contributed by atoms with Crippen molar-refractivity contribution in [2.24, 2.45) is 0 Å². The first-order chi connectivity index (χ1) is 15.2. The molecule has 0 aliphatic carbocycles. The molecule has 12 nitrogen and oxygen atoms in total. The molecule has 0 spiro atoms. The lowest BCUT2D eigenvalue weighted by molar-refractivity contribution is -0.153. The van der Waals surface area contributed by atoms with Crippen LogP contribution in [0.4, 0.5) is 0 Å². The van der Waals surface area contributed by atoms with Crippen molar-refractivity contribution in [1.29, 1.82) is 0 Å². The maximum atomic E-state index is 12.5. The second-order valence-electron chi connectivity index (χ2n) is 7.14. The SMILES string of the molecule is O=C1C=CC(=O)N1CC(C(CN1C(=O)C=CC1=O)N1C(=O)C=CC1=O)N1C(=O)C=CC1=O. The third kappa shape index (κ3) is 3.37. The maximum absolute atomic E-state index is 12.5. The molecule has 0 fully saturated rings. The van der Waals surface area contributed by atoms with Crippen LogP contribution in [0.1, 0.15) is 0 Å². The minimum atomic E-state index is -1.42. The van der Waals surface area contributed by atoms with E-state index < -0.39 is 72.4 Å². The van der Waals surface area contributed by atoms with E-state index in [0.717, 1.165) is 58.4 Å². The van der Waals surface area contributed by atoms with E-state index in [2.05, 4.69) is 0 Å². The number of hydrogen-bond donors (Lipinski definition) is 0. The van der Waals surface area contributed by atoms with Crippen LogP contribution in [0.15, 0.2) is 48.6 Å². The maximum Gasteiger partial charge on any atom is 0.254 e. The van der Waals surface area contributed by atoms with Crippen LogP contribution in [-0.4, -0.2) is 92.0 Å². The molecule has 32 heavy (non-hydrogen) atoms. The lowest BCUT2D eigenvalue weighted by Crippen LogP contribution is -2.63. The molecule has 2 atom stereocenters. The van der Waals surface area contributed by atoms with Crippen LogP contribution in [0.25, 0.3) is 0 Å². The van der Waals surface area contributed by atoms with E-state index in [-0.39, 0.29) is 0 Å². The van der Waals surface area contributed by atoms with Crippen LogP contribution in [0, 0.1) is 0 Å². The van der Waals surface area contributed by atoms with Gasteiger partial charge in [-0.2, -0.15) is 0 Å². The summed E-state index contributed by atoms with van der Waals surface area (Å²) in [4.78, 5) is 101. The van der Waals surface area contributed by atoms with Gasteiger partial charge in [0.15, 0.2) is 0 Å². The predicted octanol–water partition coefficient (Wildman–Crippen LogP) is -2.58. The van der Waals surface area contributed by atoms with E-state index in [4.69, 9.17) is 0 Å². The third-order valence-corrected chi connectivity index (χ3v) is 5.33. The number of carbonyl (C=O) groups excluding carboxylic acids is 8. The highest BCUT2D eigenvalue weighted by atomic mass is 16.2. The monoisotopic (exact) mass is 438 g/mol. The molecule has 4 aliphatic rings. The Morgan fingerprint density at radius 3 is 0.875 bits per heavy atom. The van der Waals surface area contributed by atoms with Gasteiger partial charge in [0.2, 0.25) is 0 Å². The van der Waals surface area contributed by atoms with Crippen LogP contribution in [0.5, 0.6) is 0 Å². The van der Waals surface area contributed by atoms with Gasteiger partial charge in [0, 0.05) is 48.6 Å². The van der Waals surface area contributed by atoms with Crippen molar-refractivity contribution in [3.63, 3.8) is 0 Å². The number of rotatable bonds is 7. The standard InChI is InChI=1S/C20H14N4O8/c25-13-1-2-14(26)21(13)9-11(23-17(29)5-6-18(23)30)12(24-19(31)7-8-20(24)32)10-22-15(27)3-4-16(22)28/h1-8,11-12H,9-10H2. The molecular weight excluding hydrogens is 424 g/mol. The van der Waals surface area contributed by atoms with Crippen molar-refractivity contribution in [3.05, 3.63) is 48.6 Å². The Balaban J connectivity index is 1.76. The lowest BCUT2D eigenvalue weighted by Gasteiger charge is -2.40. The van der Waals surface area contributed by atoms with Crippen LogP contribution >= 0.6 is 0 Å². The molecule has 0 bridgehead atoms. The Morgan fingerprint density at radius 2 is 0.625 bits per heavy atom. The third-order valence-electron chi connectivity index (χ3n) is 5.33. The Morgan fingerprint density at radius 1 is 0.406 bits per heavy atom. The smallest absolute Gasteiger partial charge is 0.254 e. The summed E-state index contributed by atoms with van der Waals surface area (Å²) < 4.78 is 0. The van der Waals surface area contributed by atoms with Crippen molar-refractivity contribution >= 4 is 47.3 Å². The van der Waals surface area contributed by atoms with Gasteiger partial charge in [-0.3, -0.25) is 58.0 Å². The zero-order valence-electron chi connectivity index (χ0n) is 16.2. The normalized spacial score (nSPS) is 22.1. The summed E-state index contributed by atoms with van der Waals surface area (Å²) in [5.74, 6) is -6.11. The topological polar surface area (TPSA) is 150 Å². The molecule has 0 aromatic heterocycles.